The van der Waals surface area contributed by atoms with Gasteiger partial charge in [-0.2, -0.15) is 5.10 Å². The lowest BCUT2D eigenvalue weighted by molar-refractivity contribution is 0.182. The van der Waals surface area contributed by atoms with Gasteiger partial charge < -0.3 is 10.1 Å². The number of aromatic nitrogens is 2. The van der Waals surface area contributed by atoms with E-state index in [4.69, 9.17) is 16.3 Å². The van der Waals surface area contributed by atoms with Gasteiger partial charge in [0.15, 0.2) is 0 Å². The molecule has 18 heavy (non-hydrogen) atoms. The van der Waals surface area contributed by atoms with Crippen LogP contribution >= 0.6 is 11.6 Å². The summed E-state index contributed by atoms with van der Waals surface area (Å²) in [7, 11) is 3.68. The highest BCUT2D eigenvalue weighted by molar-refractivity contribution is 6.31. The molecule has 1 aromatic heterocycles. The third-order valence-electron chi connectivity index (χ3n) is 3.05. The Kier molecular flexibility index (Phi) is 6.68. The molecule has 0 aromatic carbocycles. The van der Waals surface area contributed by atoms with Crippen LogP contribution in [0, 0.1) is 6.92 Å². The van der Waals surface area contributed by atoms with Crippen molar-refractivity contribution in [3.05, 3.63) is 16.4 Å². The molecule has 104 valence electrons. The van der Waals surface area contributed by atoms with E-state index < -0.39 is 0 Å². The Morgan fingerprint density at radius 1 is 1.50 bits per heavy atom. The van der Waals surface area contributed by atoms with Crippen molar-refractivity contribution in [2.45, 2.75) is 39.2 Å². The largest absolute Gasteiger partial charge is 0.385 e. The van der Waals surface area contributed by atoms with Gasteiger partial charge in [0.2, 0.25) is 0 Å². The Bertz CT molecular complexity index is 357. The van der Waals surface area contributed by atoms with Crippen LogP contribution < -0.4 is 5.32 Å². The quantitative estimate of drug-likeness (QED) is 0.790. The minimum absolute atomic E-state index is 0.386. The number of ether oxygens (including phenoxy) is 1. The maximum absolute atomic E-state index is 6.28. The molecule has 0 fully saturated rings. The molecular weight excluding hydrogens is 250 g/mol. The van der Waals surface area contributed by atoms with Crippen LogP contribution in [0.4, 0.5) is 0 Å². The fourth-order valence-electron chi connectivity index (χ4n) is 2.02. The predicted molar refractivity (Wildman–Crippen MR) is 75.2 cm³/mol. The Hall–Kier alpha value is -0.580. The second kappa shape index (κ2) is 7.77. The first-order valence-corrected chi connectivity index (χ1v) is 6.88. The van der Waals surface area contributed by atoms with E-state index in [-0.39, 0.29) is 0 Å². The van der Waals surface area contributed by atoms with Crippen molar-refractivity contribution in [2.75, 3.05) is 20.3 Å². The van der Waals surface area contributed by atoms with E-state index in [1.165, 1.54) is 0 Å². The topological polar surface area (TPSA) is 39.1 Å². The molecule has 0 saturated heterocycles. The van der Waals surface area contributed by atoms with Crippen molar-refractivity contribution in [1.29, 1.82) is 0 Å². The van der Waals surface area contributed by atoms with Gasteiger partial charge in [0.05, 0.1) is 16.4 Å². The Morgan fingerprint density at radius 2 is 2.22 bits per heavy atom. The molecule has 0 aliphatic carbocycles. The molecule has 4 nitrogen and oxygen atoms in total. The molecule has 0 bridgehead atoms. The number of aryl methyl sites for hydroxylation is 2. The fourth-order valence-corrected chi connectivity index (χ4v) is 2.26. The Labute approximate surface area is 115 Å². The Morgan fingerprint density at radius 3 is 2.72 bits per heavy atom. The van der Waals surface area contributed by atoms with E-state index in [1.54, 1.807) is 7.11 Å². The first kappa shape index (κ1) is 15.5. The third-order valence-corrected chi connectivity index (χ3v) is 3.55. The van der Waals surface area contributed by atoms with Gasteiger partial charge in [-0.15, -0.1) is 0 Å². The van der Waals surface area contributed by atoms with Crippen LogP contribution in [0.25, 0.3) is 0 Å². The number of hydrogen-bond donors (Lipinski definition) is 1. The van der Waals surface area contributed by atoms with Crippen LogP contribution in [0.15, 0.2) is 0 Å². The van der Waals surface area contributed by atoms with Crippen molar-refractivity contribution < 1.29 is 4.74 Å². The van der Waals surface area contributed by atoms with Crippen LogP contribution in [0.5, 0.6) is 0 Å². The average molecular weight is 274 g/mol. The standard InChI is InChI=1S/C13H24ClN3O/c1-5-7-15-11(6-8-18-4)9-12-13(14)10(2)16-17(12)3/h11,15H,5-9H2,1-4H3. The second-order valence-corrected chi connectivity index (χ2v) is 4.98. The highest BCUT2D eigenvalue weighted by Gasteiger charge is 2.16. The van der Waals surface area contributed by atoms with E-state index in [0.717, 1.165) is 48.8 Å². The molecule has 1 unspecified atom stereocenters. The summed E-state index contributed by atoms with van der Waals surface area (Å²) < 4.78 is 7.04. The van der Waals surface area contributed by atoms with Gasteiger partial charge in [-0.05, 0) is 26.3 Å². The summed E-state index contributed by atoms with van der Waals surface area (Å²) in [6, 6.07) is 0.386. The van der Waals surface area contributed by atoms with E-state index in [0.29, 0.717) is 6.04 Å². The van der Waals surface area contributed by atoms with Crippen LogP contribution in [-0.2, 0) is 18.2 Å². The predicted octanol–water partition coefficient (Wildman–Crippen LogP) is 2.33. The zero-order valence-corrected chi connectivity index (χ0v) is 12.5. The maximum Gasteiger partial charge on any atom is 0.0847 e. The van der Waals surface area contributed by atoms with Crippen LogP contribution in [0.1, 0.15) is 31.2 Å². The summed E-state index contributed by atoms with van der Waals surface area (Å²) >= 11 is 6.28. The van der Waals surface area contributed by atoms with Crippen LogP contribution in [0.3, 0.4) is 0 Å². The normalized spacial score (nSPS) is 12.9. The monoisotopic (exact) mass is 273 g/mol. The van der Waals surface area contributed by atoms with Crippen molar-refractivity contribution >= 4 is 11.6 Å². The van der Waals surface area contributed by atoms with Crippen LogP contribution in [0.2, 0.25) is 5.02 Å². The summed E-state index contributed by atoms with van der Waals surface area (Å²) in [4.78, 5) is 0. The van der Waals surface area contributed by atoms with Crippen LogP contribution in [-0.4, -0.2) is 36.1 Å². The highest BCUT2D eigenvalue weighted by atomic mass is 35.5. The lowest BCUT2D eigenvalue weighted by Gasteiger charge is -2.18. The highest BCUT2D eigenvalue weighted by Crippen LogP contribution is 2.21. The van der Waals surface area contributed by atoms with Gasteiger partial charge in [-0.3, -0.25) is 4.68 Å². The number of methoxy groups -OCH3 is 1. The molecule has 1 rings (SSSR count). The summed E-state index contributed by atoms with van der Waals surface area (Å²) in [5, 5.41) is 8.68. The SMILES string of the molecule is CCCNC(CCOC)Cc1c(Cl)c(C)nn1C. The fraction of sp³-hybridized carbons (Fsp3) is 0.769. The third kappa shape index (κ3) is 4.26. The van der Waals surface area contributed by atoms with E-state index in [2.05, 4.69) is 17.3 Å². The zero-order chi connectivity index (χ0) is 13.5. The first-order valence-electron chi connectivity index (χ1n) is 6.50. The molecule has 0 saturated carbocycles. The van der Waals surface area contributed by atoms with E-state index >= 15 is 0 Å². The van der Waals surface area contributed by atoms with Crippen molar-refractivity contribution in [3.63, 3.8) is 0 Å². The summed E-state index contributed by atoms with van der Waals surface area (Å²) in [6.07, 6.45) is 3.00. The summed E-state index contributed by atoms with van der Waals surface area (Å²) in [6.45, 7) is 5.88. The molecule has 0 spiro atoms. The number of nitrogens with one attached hydrogen (secondary N) is 1. The maximum atomic E-state index is 6.28. The van der Waals surface area contributed by atoms with Gasteiger partial charge in [0.1, 0.15) is 0 Å². The molecule has 1 aromatic rings. The minimum Gasteiger partial charge on any atom is -0.385 e. The number of rotatable bonds is 8. The number of halogens is 1. The molecule has 5 heteroatoms. The number of nitrogens with zero attached hydrogens (tertiary/aromatic N) is 2. The lowest BCUT2D eigenvalue weighted by Crippen LogP contribution is -2.33. The second-order valence-electron chi connectivity index (χ2n) is 4.61. The first-order chi connectivity index (χ1) is 8.60. The molecular formula is C13H24ClN3O. The van der Waals surface area contributed by atoms with Gasteiger partial charge in [-0.25, -0.2) is 0 Å². The molecule has 1 N–H and O–H groups in total. The Balaban J connectivity index is 2.68. The average Bonchev–Trinajstić information content (AvgIpc) is 2.58. The smallest absolute Gasteiger partial charge is 0.0847 e. The molecule has 1 atom stereocenters. The van der Waals surface area contributed by atoms with Crippen molar-refractivity contribution in [2.24, 2.45) is 7.05 Å². The lowest BCUT2D eigenvalue weighted by atomic mass is 10.1. The van der Waals surface area contributed by atoms with Gasteiger partial charge in [-0.1, -0.05) is 18.5 Å². The van der Waals surface area contributed by atoms with E-state index in [9.17, 15) is 0 Å². The van der Waals surface area contributed by atoms with Crippen molar-refractivity contribution in [3.8, 4) is 0 Å². The van der Waals surface area contributed by atoms with E-state index in [1.807, 2.05) is 18.7 Å². The minimum atomic E-state index is 0.386. The van der Waals surface area contributed by atoms with Gasteiger partial charge in [0.25, 0.3) is 0 Å². The summed E-state index contributed by atoms with van der Waals surface area (Å²) in [5.74, 6) is 0. The molecule has 0 radical (unpaired) electrons. The molecule has 0 aliphatic heterocycles. The van der Waals surface area contributed by atoms with Gasteiger partial charge >= 0.3 is 0 Å². The molecule has 0 aliphatic rings. The van der Waals surface area contributed by atoms with Gasteiger partial charge in [0, 0.05) is 33.2 Å². The zero-order valence-electron chi connectivity index (χ0n) is 11.8. The molecule has 0 amide bonds. The van der Waals surface area contributed by atoms with Crippen molar-refractivity contribution in [1.82, 2.24) is 15.1 Å². The summed E-state index contributed by atoms with van der Waals surface area (Å²) in [5.41, 5.74) is 1.99. The number of hydrogen-bond acceptors (Lipinski definition) is 3. The molecule has 1 heterocycles.